The maximum atomic E-state index is 10.9. The molecule has 0 saturated carbocycles. The van der Waals surface area contributed by atoms with Crippen molar-refractivity contribution in [2.45, 2.75) is 6.54 Å². The van der Waals surface area contributed by atoms with Gasteiger partial charge in [-0.15, -0.1) is 0 Å². The van der Waals surface area contributed by atoms with Crippen molar-refractivity contribution >= 4 is 33.4 Å². The third kappa shape index (κ3) is 4.09. The summed E-state index contributed by atoms with van der Waals surface area (Å²) in [6.45, 7) is 0.674. The van der Waals surface area contributed by atoms with Crippen LogP contribution in [-0.2, 0) is 16.1 Å². The third-order valence-corrected chi connectivity index (χ3v) is 3.58. The molecule has 5 nitrogen and oxygen atoms in total. The number of carbonyl (C=O) groups excluding carboxylic acids is 1. The summed E-state index contributed by atoms with van der Waals surface area (Å²) in [6.07, 6.45) is 0. The number of rotatable bonds is 5. The van der Waals surface area contributed by atoms with E-state index < -0.39 is 0 Å². The van der Waals surface area contributed by atoms with Crippen LogP contribution >= 0.6 is 27.5 Å². The molecular weight excluding hydrogens is 330 g/mol. The van der Waals surface area contributed by atoms with E-state index >= 15 is 0 Å². The second kappa shape index (κ2) is 6.74. The Labute approximate surface area is 123 Å². The van der Waals surface area contributed by atoms with Crippen LogP contribution in [0.25, 0.3) is 11.4 Å². The van der Waals surface area contributed by atoms with E-state index in [2.05, 4.69) is 35.3 Å². The van der Waals surface area contributed by atoms with Crippen LogP contribution in [0.3, 0.4) is 0 Å². The van der Waals surface area contributed by atoms with Crippen molar-refractivity contribution < 1.29 is 9.53 Å². The SMILES string of the molecule is COC(=O)CNCc1nc(-c2ccc(Br)cc2)ns1. The van der Waals surface area contributed by atoms with Crippen LogP contribution in [-0.4, -0.2) is 29.0 Å². The molecule has 19 heavy (non-hydrogen) atoms. The fourth-order valence-corrected chi connectivity index (χ4v) is 2.28. The maximum Gasteiger partial charge on any atom is 0.319 e. The van der Waals surface area contributed by atoms with E-state index in [4.69, 9.17) is 0 Å². The molecular formula is C12H12BrN3O2S. The highest BCUT2D eigenvalue weighted by molar-refractivity contribution is 9.10. The second-order valence-electron chi connectivity index (χ2n) is 3.70. The van der Waals surface area contributed by atoms with Gasteiger partial charge in [0.1, 0.15) is 5.01 Å². The Morgan fingerprint density at radius 1 is 1.42 bits per heavy atom. The fourth-order valence-electron chi connectivity index (χ4n) is 1.39. The predicted octanol–water partition coefficient (Wildman–Crippen LogP) is 2.23. The molecule has 1 aromatic heterocycles. The first-order valence-corrected chi connectivity index (χ1v) is 7.11. The highest BCUT2D eigenvalue weighted by Crippen LogP contribution is 2.20. The van der Waals surface area contributed by atoms with Gasteiger partial charge < -0.3 is 10.1 Å². The Morgan fingerprint density at radius 3 is 2.84 bits per heavy atom. The van der Waals surface area contributed by atoms with Crippen molar-refractivity contribution in [2.24, 2.45) is 0 Å². The van der Waals surface area contributed by atoms with Gasteiger partial charge in [-0.05, 0) is 23.7 Å². The molecule has 100 valence electrons. The van der Waals surface area contributed by atoms with Gasteiger partial charge in [0, 0.05) is 16.6 Å². The number of aromatic nitrogens is 2. The molecule has 0 atom stereocenters. The summed E-state index contributed by atoms with van der Waals surface area (Å²) in [5, 5.41) is 3.79. The van der Waals surface area contributed by atoms with Gasteiger partial charge in [0.05, 0.1) is 13.7 Å². The number of methoxy groups -OCH3 is 1. The van der Waals surface area contributed by atoms with Crippen LogP contribution in [0.2, 0.25) is 0 Å². The van der Waals surface area contributed by atoms with E-state index in [9.17, 15) is 4.79 Å². The van der Waals surface area contributed by atoms with E-state index in [0.717, 1.165) is 15.0 Å². The average molecular weight is 342 g/mol. The molecule has 0 radical (unpaired) electrons. The number of carbonyl (C=O) groups is 1. The monoisotopic (exact) mass is 341 g/mol. The van der Waals surface area contributed by atoms with Gasteiger partial charge in [0.2, 0.25) is 0 Å². The zero-order valence-corrected chi connectivity index (χ0v) is 12.6. The normalized spacial score (nSPS) is 10.4. The van der Waals surface area contributed by atoms with Gasteiger partial charge in [-0.2, -0.15) is 4.37 Å². The van der Waals surface area contributed by atoms with Gasteiger partial charge in [0.25, 0.3) is 0 Å². The van der Waals surface area contributed by atoms with Gasteiger partial charge in [-0.3, -0.25) is 4.79 Å². The smallest absolute Gasteiger partial charge is 0.319 e. The molecule has 7 heteroatoms. The summed E-state index contributed by atoms with van der Waals surface area (Å²) < 4.78 is 9.85. The zero-order chi connectivity index (χ0) is 13.7. The number of nitrogens with zero attached hydrogens (tertiary/aromatic N) is 2. The minimum absolute atomic E-state index is 0.170. The van der Waals surface area contributed by atoms with Crippen molar-refractivity contribution in [1.29, 1.82) is 0 Å². The Kier molecular flexibility index (Phi) is 5.00. The molecule has 0 spiro atoms. The van der Waals surface area contributed by atoms with E-state index in [1.54, 1.807) is 0 Å². The van der Waals surface area contributed by atoms with Crippen molar-refractivity contribution in [2.75, 3.05) is 13.7 Å². The first kappa shape index (κ1) is 14.1. The number of hydrogen-bond acceptors (Lipinski definition) is 6. The van der Waals surface area contributed by atoms with E-state index in [1.807, 2.05) is 24.3 Å². The van der Waals surface area contributed by atoms with Crippen molar-refractivity contribution in [3.05, 3.63) is 33.7 Å². The summed E-state index contributed by atoms with van der Waals surface area (Å²) in [6, 6.07) is 7.81. The number of benzene rings is 1. The van der Waals surface area contributed by atoms with Gasteiger partial charge >= 0.3 is 5.97 Å². The zero-order valence-electron chi connectivity index (χ0n) is 10.2. The van der Waals surface area contributed by atoms with Crippen LogP contribution in [0.1, 0.15) is 5.01 Å². The molecule has 0 aliphatic carbocycles. The Balaban J connectivity index is 1.95. The molecule has 0 unspecified atom stereocenters. The molecule has 2 rings (SSSR count). The lowest BCUT2D eigenvalue weighted by molar-refractivity contribution is -0.139. The summed E-state index contributed by atoms with van der Waals surface area (Å²) in [7, 11) is 1.36. The van der Waals surface area contributed by atoms with Crippen LogP contribution in [0.5, 0.6) is 0 Å². The highest BCUT2D eigenvalue weighted by Gasteiger charge is 2.07. The standard InChI is InChI=1S/C12H12BrN3O2S/c1-18-11(17)7-14-6-10-15-12(16-19-10)8-2-4-9(13)5-3-8/h2-5,14H,6-7H2,1H3. The fraction of sp³-hybridized carbons (Fsp3) is 0.250. The van der Waals surface area contributed by atoms with Crippen LogP contribution < -0.4 is 5.32 Å². The summed E-state index contributed by atoms with van der Waals surface area (Å²) in [5.74, 6) is 0.407. The number of halogens is 1. The predicted molar refractivity (Wildman–Crippen MR) is 76.8 cm³/mol. The maximum absolute atomic E-state index is 10.9. The molecule has 0 aliphatic heterocycles. The minimum Gasteiger partial charge on any atom is -0.468 e. The highest BCUT2D eigenvalue weighted by atomic mass is 79.9. The van der Waals surface area contributed by atoms with Crippen LogP contribution in [0, 0.1) is 0 Å². The molecule has 0 amide bonds. The molecule has 0 aliphatic rings. The van der Waals surface area contributed by atoms with Gasteiger partial charge in [-0.25, -0.2) is 4.98 Å². The van der Waals surface area contributed by atoms with E-state index in [1.165, 1.54) is 18.6 Å². The van der Waals surface area contributed by atoms with Crippen LogP contribution in [0.4, 0.5) is 0 Å². The molecule has 0 saturated heterocycles. The van der Waals surface area contributed by atoms with Crippen molar-refractivity contribution in [1.82, 2.24) is 14.7 Å². The van der Waals surface area contributed by atoms with E-state index in [-0.39, 0.29) is 12.5 Å². The molecule has 1 N–H and O–H groups in total. The topological polar surface area (TPSA) is 64.1 Å². The Hall–Kier alpha value is -1.31. The molecule has 1 heterocycles. The van der Waals surface area contributed by atoms with Crippen molar-refractivity contribution in [3.63, 3.8) is 0 Å². The van der Waals surface area contributed by atoms with Crippen molar-refractivity contribution in [3.8, 4) is 11.4 Å². The number of esters is 1. The first-order valence-electron chi connectivity index (χ1n) is 5.55. The third-order valence-electron chi connectivity index (χ3n) is 2.34. The summed E-state index contributed by atoms with van der Waals surface area (Å²) in [4.78, 5) is 15.3. The molecule has 2 aromatic rings. The van der Waals surface area contributed by atoms with E-state index in [0.29, 0.717) is 12.4 Å². The molecule has 0 bridgehead atoms. The lowest BCUT2D eigenvalue weighted by Crippen LogP contribution is -2.23. The Bertz CT molecular complexity index is 556. The number of ether oxygens (including phenoxy) is 1. The molecule has 1 aromatic carbocycles. The average Bonchev–Trinajstić information content (AvgIpc) is 2.88. The lowest BCUT2D eigenvalue weighted by atomic mass is 10.2. The largest absolute Gasteiger partial charge is 0.468 e. The minimum atomic E-state index is -0.294. The number of hydrogen-bond donors (Lipinski definition) is 1. The first-order chi connectivity index (χ1) is 9.19. The number of nitrogens with one attached hydrogen (secondary N) is 1. The summed E-state index contributed by atoms with van der Waals surface area (Å²) in [5.41, 5.74) is 0.971. The molecule has 0 fully saturated rings. The quantitative estimate of drug-likeness (QED) is 0.845. The second-order valence-corrected chi connectivity index (χ2v) is 5.45. The lowest BCUT2D eigenvalue weighted by Gasteiger charge is -1.99. The van der Waals surface area contributed by atoms with Gasteiger partial charge in [0.15, 0.2) is 5.82 Å². The summed E-state index contributed by atoms with van der Waals surface area (Å²) >= 11 is 4.71. The van der Waals surface area contributed by atoms with Crippen LogP contribution in [0.15, 0.2) is 28.7 Å². The van der Waals surface area contributed by atoms with Gasteiger partial charge in [-0.1, -0.05) is 28.1 Å². The Morgan fingerprint density at radius 2 is 2.16 bits per heavy atom.